The third-order valence-corrected chi connectivity index (χ3v) is 6.13. The molecule has 1 amide bonds. The number of ketones is 1. The summed E-state index contributed by atoms with van der Waals surface area (Å²) in [5.41, 5.74) is -0.102. The van der Waals surface area contributed by atoms with Gasteiger partial charge >= 0.3 is 12.4 Å². The van der Waals surface area contributed by atoms with Gasteiger partial charge in [0.15, 0.2) is 0 Å². The normalized spacial score (nSPS) is 17.9. The summed E-state index contributed by atoms with van der Waals surface area (Å²) in [6, 6.07) is 9.57. The highest BCUT2D eigenvalue weighted by Gasteiger charge is 2.37. The standard InChI is InChI=1S/C25H26F6N2O2.ClH/c26-24(27,28)18-8-4-16(5-9-18)2-1-3-22(34)20-14-32-15-21(20)23(35)33-13-12-17-6-10-19(11-7-17)25(29,30)31;/h4-11,20-21,32H,1-3,12-15H2,(H,33,35);1H/t20-,21-;/m1./s1. The molecule has 0 unspecified atom stereocenters. The largest absolute Gasteiger partial charge is 0.416 e. The highest BCUT2D eigenvalue weighted by molar-refractivity contribution is 5.89. The minimum atomic E-state index is -4.40. The maximum atomic E-state index is 12.7. The monoisotopic (exact) mass is 536 g/mol. The average molecular weight is 537 g/mol. The Hall–Kier alpha value is -2.59. The van der Waals surface area contributed by atoms with Crippen LogP contribution in [0.15, 0.2) is 48.5 Å². The van der Waals surface area contributed by atoms with E-state index in [9.17, 15) is 35.9 Å². The Balaban J connectivity index is 0.00000456. The maximum absolute atomic E-state index is 12.7. The van der Waals surface area contributed by atoms with E-state index < -0.39 is 35.3 Å². The fourth-order valence-electron chi connectivity index (χ4n) is 4.13. The predicted molar refractivity (Wildman–Crippen MR) is 125 cm³/mol. The van der Waals surface area contributed by atoms with Crippen molar-refractivity contribution in [2.45, 2.75) is 38.0 Å². The summed E-state index contributed by atoms with van der Waals surface area (Å²) < 4.78 is 75.9. The molecule has 11 heteroatoms. The van der Waals surface area contributed by atoms with Crippen molar-refractivity contribution in [3.05, 3.63) is 70.8 Å². The van der Waals surface area contributed by atoms with Crippen LogP contribution in [0, 0.1) is 11.8 Å². The molecule has 4 nitrogen and oxygen atoms in total. The van der Waals surface area contributed by atoms with Crippen molar-refractivity contribution in [3.8, 4) is 0 Å². The molecule has 0 radical (unpaired) electrons. The Morgan fingerprint density at radius 1 is 0.778 bits per heavy atom. The lowest BCUT2D eigenvalue weighted by Gasteiger charge is -2.17. The van der Waals surface area contributed by atoms with Crippen molar-refractivity contribution in [1.82, 2.24) is 10.6 Å². The van der Waals surface area contributed by atoms with Gasteiger partial charge in [0.1, 0.15) is 5.78 Å². The molecule has 0 aliphatic carbocycles. The maximum Gasteiger partial charge on any atom is 0.416 e. The van der Waals surface area contributed by atoms with E-state index >= 15 is 0 Å². The molecular formula is C25H27ClF6N2O2. The molecule has 1 fully saturated rings. The Morgan fingerprint density at radius 2 is 1.25 bits per heavy atom. The first-order valence-electron chi connectivity index (χ1n) is 11.3. The van der Waals surface area contributed by atoms with Gasteiger partial charge in [0.25, 0.3) is 0 Å². The SMILES string of the molecule is Cl.O=C(CCCc1ccc(C(F)(F)F)cc1)[C@@H]1CNC[C@H]1C(=O)NCCc1ccc(C(F)(F)F)cc1. The highest BCUT2D eigenvalue weighted by atomic mass is 35.5. The molecule has 2 aromatic carbocycles. The number of hydrogen-bond acceptors (Lipinski definition) is 3. The van der Waals surface area contributed by atoms with Crippen molar-refractivity contribution in [3.63, 3.8) is 0 Å². The van der Waals surface area contributed by atoms with E-state index in [1.165, 1.54) is 24.3 Å². The van der Waals surface area contributed by atoms with Gasteiger partial charge < -0.3 is 10.6 Å². The van der Waals surface area contributed by atoms with Crippen LogP contribution in [-0.2, 0) is 34.8 Å². The summed E-state index contributed by atoms with van der Waals surface area (Å²) in [6.45, 7) is 0.951. The molecule has 2 N–H and O–H groups in total. The zero-order chi connectivity index (χ0) is 25.6. The van der Waals surface area contributed by atoms with E-state index in [2.05, 4.69) is 10.6 Å². The number of rotatable bonds is 9. The molecule has 2 aromatic rings. The molecule has 1 aliphatic rings. The average Bonchev–Trinajstić information content (AvgIpc) is 3.29. The van der Waals surface area contributed by atoms with Crippen LogP contribution >= 0.6 is 12.4 Å². The molecule has 0 saturated carbocycles. The lowest BCUT2D eigenvalue weighted by atomic mass is 9.88. The van der Waals surface area contributed by atoms with E-state index in [-0.39, 0.29) is 37.1 Å². The van der Waals surface area contributed by atoms with Crippen LogP contribution in [-0.4, -0.2) is 31.3 Å². The van der Waals surface area contributed by atoms with Crippen LogP contribution < -0.4 is 10.6 Å². The molecular weight excluding hydrogens is 510 g/mol. The molecule has 3 rings (SSSR count). The molecule has 198 valence electrons. The Morgan fingerprint density at radius 3 is 1.75 bits per heavy atom. The number of benzene rings is 2. The Kier molecular flexibility index (Phi) is 10.4. The number of Topliss-reactive ketones (excluding diaryl/α,β-unsaturated/α-hetero) is 1. The Bertz CT molecular complexity index is 926. The quantitative estimate of drug-likeness (QED) is 0.431. The minimum absolute atomic E-state index is 0. The summed E-state index contributed by atoms with van der Waals surface area (Å²) in [6.07, 6.45) is -7.31. The van der Waals surface area contributed by atoms with Gasteiger partial charge in [0.2, 0.25) is 5.91 Å². The molecule has 1 saturated heterocycles. The smallest absolute Gasteiger partial charge is 0.355 e. The van der Waals surface area contributed by atoms with Crippen LogP contribution in [0.5, 0.6) is 0 Å². The van der Waals surface area contributed by atoms with E-state index in [0.717, 1.165) is 24.3 Å². The third kappa shape index (κ3) is 8.23. The van der Waals surface area contributed by atoms with E-state index in [4.69, 9.17) is 0 Å². The zero-order valence-electron chi connectivity index (χ0n) is 19.2. The molecule has 2 atom stereocenters. The van der Waals surface area contributed by atoms with Gasteiger partial charge in [-0.1, -0.05) is 24.3 Å². The minimum Gasteiger partial charge on any atom is -0.355 e. The molecule has 0 aromatic heterocycles. The summed E-state index contributed by atoms with van der Waals surface area (Å²) in [7, 11) is 0. The number of carbonyl (C=O) groups excluding carboxylic acids is 2. The number of alkyl halides is 6. The summed E-state index contributed by atoms with van der Waals surface area (Å²) in [5.74, 6) is -1.40. The second kappa shape index (κ2) is 12.6. The summed E-state index contributed by atoms with van der Waals surface area (Å²) in [5, 5.41) is 5.80. The van der Waals surface area contributed by atoms with Crippen LogP contribution in [0.1, 0.15) is 35.1 Å². The molecule has 0 bridgehead atoms. The van der Waals surface area contributed by atoms with Crippen molar-refractivity contribution in [1.29, 1.82) is 0 Å². The van der Waals surface area contributed by atoms with Gasteiger partial charge in [-0.05, 0) is 54.7 Å². The fourth-order valence-corrected chi connectivity index (χ4v) is 4.13. The third-order valence-electron chi connectivity index (χ3n) is 6.13. The first-order chi connectivity index (χ1) is 16.4. The van der Waals surface area contributed by atoms with Crippen LogP contribution in [0.4, 0.5) is 26.3 Å². The molecule has 0 spiro atoms. The van der Waals surface area contributed by atoms with Gasteiger partial charge in [-0.25, -0.2) is 0 Å². The predicted octanol–water partition coefficient (Wildman–Crippen LogP) is 5.23. The zero-order valence-corrected chi connectivity index (χ0v) is 20.0. The van der Waals surface area contributed by atoms with Gasteiger partial charge in [-0.15, -0.1) is 12.4 Å². The summed E-state index contributed by atoms with van der Waals surface area (Å²) >= 11 is 0. The second-order valence-corrected chi connectivity index (χ2v) is 8.62. The summed E-state index contributed by atoms with van der Waals surface area (Å²) in [4.78, 5) is 25.3. The van der Waals surface area contributed by atoms with Crippen LogP contribution in [0.25, 0.3) is 0 Å². The van der Waals surface area contributed by atoms with Crippen molar-refractivity contribution in [2.75, 3.05) is 19.6 Å². The number of nitrogens with one attached hydrogen (secondary N) is 2. The lowest BCUT2D eigenvalue weighted by Crippen LogP contribution is -2.38. The topological polar surface area (TPSA) is 58.2 Å². The van der Waals surface area contributed by atoms with Gasteiger partial charge in [0, 0.05) is 32.0 Å². The fraction of sp³-hybridized carbons (Fsp3) is 0.440. The van der Waals surface area contributed by atoms with Crippen molar-refractivity contribution >= 4 is 24.1 Å². The first kappa shape index (κ1) is 29.6. The van der Waals surface area contributed by atoms with Crippen molar-refractivity contribution < 1.29 is 35.9 Å². The number of halogens is 7. The molecule has 1 heterocycles. The van der Waals surface area contributed by atoms with E-state index in [1.54, 1.807) is 0 Å². The van der Waals surface area contributed by atoms with Crippen LogP contribution in [0.2, 0.25) is 0 Å². The van der Waals surface area contributed by atoms with Gasteiger partial charge in [-0.3, -0.25) is 9.59 Å². The van der Waals surface area contributed by atoms with E-state index in [0.29, 0.717) is 43.5 Å². The highest BCUT2D eigenvalue weighted by Crippen LogP contribution is 2.30. The number of carbonyl (C=O) groups is 2. The van der Waals surface area contributed by atoms with Crippen LogP contribution in [0.3, 0.4) is 0 Å². The van der Waals surface area contributed by atoms with E-state index in [1.807, 2.05) is 0 Å². The number of amides is 1. The molecule has 1 aliphatic heterocycles. The van der Waals surface area contributed by atoms with Gasteiger partial charge in [0.05, 0.1) is 17.0 Å². The second-order valence-electron chi connectivity index (χ2n) is 8.62. The van der Waals surface area contributed by atoms with Crippen molar-refractivity contribution in [2.24, 2.45) is 11.8 Å². The van der Waals surface area contributed by atoms with Gasteiger partial charge in [-0.2, -0.15) is 26.3 Å². The Labute approximate surface area is 211 Å². The number of aryl methyl sites for hydroxylation is 1. The molecule has 36 heavy (non-hydrogen) atoms. The number of hydrogen-bond donors (Lipinski definition) is 2. The first-order valence-corrected chi connectivity index (χ1v) is 11.3. The lowest BCUT2D eigenvalue weighted by molar-refractivity contribution is -0.138.